The first kappa shape index (κ1) is 24.8. The number of esters is 2. The van der Waals surface area contributed by atoms with Gasteiger partial charge in [0.25, 0.3) is 0 Å². The predicted octanol–water partition coefficient (Wildman–Crippen LogP) is 6.12. The zero-order chi connectivity index (χ0) is 25.5. The van der Waals surface area contributed by atoms with Gasteiger partial charge in [0.2, 0.25) is 5.12 Å². The van der Waals surface area contributed by atoms with Gasteiger partial charge in [-0.25, -0.2) is 9.59 Å². The smallest absolute Gasteiger partial charge is 0.335 e. The van der Waals surface area contributed by atoms with E-state index in [1.54, 1.807) is 24.3 Å². The molecular formula is C29H22O6S. The Morgan fingerprint density at radius 1 is 0.722 bits per heavy atom. The molecule has 6 nitrogen and oxygen atoms in total. The standard InChI is InChI=1S/C29H22O6S/c1-3-27(30)34-16-15-33-23-10-14-26-20(18-23)6-5-19-17-21(7-13-25(19)26)29(32)36-24-11-8-22(9-12-24)35-28(31)4-2/h3-14,17-18H,1-2,15-16H2. The van der Waals surface area contributed by atoms with Crippen molar-refractivity contribution in [3.8, 4) is 11.5 Å². The van der Waals surface area contributed by atoms with E-state index in [0.717, 1.165) is 50.4 Å². The quantitative estimate of drug-likeness (QED) is 0.0686. The third-order valence-corrected chi connectivity index (χ3v) is 6.15. The summed E-state index contributed by atoms with van der Waals surface area (Å²) in [6.07, 6.45) is 2.20. The minimum Gasteiger partial charge on any atom is -0.490 e. The molecule has 0 bridgehead atoms. The van der Waals surface area contributed by atoms with Crippen LogP contribution in [0.3, 0.4) is 0 Å². The number of rotatable bonds is 9. The number of carbonyl (C=O) groups is 3. The van der Waals surface area contributed by atoms with E-state index in [9.17, 15) is 14.4 Å². The Balaban J connectivity index is 1.45. The van der Waals surface area contributed by atoms with Crippen LogP contribution in [0.2, 0.25) is 0 Å². The van der Waals surface area contributed by atoms with Crippen LogP contribution >= 0.6 is 11.8 Å². The van der Waals surface area contributed by atoms with Crippen molar-refractivity contribution in [1.29, 1.82) is 0 Å². The average Bonchev–Trinajstić information content (AvgIpc) is 2.91. The van der Waals surface area contributed by atoms with Crippen LogP contribution in [-0.4, -0.2) is 30.3 Å². The van der Waals surface area contributed by atoms with Crippen molar-refractivity contribution < 1.29 is 28.6 Å². The summed E-state index contributed by atoms with van der Waals surface area (Å²) in [7, 11) is 0. The van der Waals surface area contributed by atoms with Crippen LogP contribution in [0.4, 0.5) is 0 Å². The number of hydrogen-bond acceptors (Lipinski definition) is 7. The Labute approximate surface area is 212 Å². The number of thioether (sulfide) groups is 1. The highest BCUT2D eigenvalue weighted by molar-refractivity contribution is 8.14. The van der Waals surface area contributed by atoms with E-state index in [1.807, 2.05) is 48.5 Å². The third kappa shape index (κ3) is 6.00. The fourth-order valence-electron chi connectivity index (χ4n) is 3.53. The van der Waals surface area contributed by atoms with Crippen molar-refractivity contribution in [3.05, 3.63) is 104 Å². The van der Waals surface area contributed by atoms with Crippen LogP contribution in [-0.2, 0) is 14.3 Å². The monoisotopic (exact) mass is 498 g/mol. The Hall–Kier alpha value is -4.36. The fraction of sp³-hybridized carbons (Fsp3) is 0.0690. The average molecular weight is 499 g/mol. The molecule has 0 saturated carbocycles. The highest BCUT2D eigenvalue weighted by Crippen LogP contribution is 2.31. The molecular weight excluding hydrogens is 476 g/mol. The number of hydrogen-bond donors (Lipinski definition) is 0. The number of fused-ring (bicyclic) bond motifs is 3. The molecule has 4 aromatic rings. The molecule has 0 aromatic heterocycles. The van der Waals surface area contributed by atoms with E-state index >= 15 is 0 Å². The number of ether oxygens (including phenoxy) is 3. The van der Waals surface area contributed by atoms with E-state index in [0.29, 0.717) is 17.1 Å². The lowest BCUT2D eigenvalue weighted by molar-refractivity contribution is -0.138. The molecule has 0 unspecified atom stereocenters. The van der Waals surface area contributed by atoms with Gasteiger partial charge in [0.05, 0.1) is 0 Å². The van der Waals surface area contributed by atoms with Gasteiger partial charge in [-0.05, 0) is 81.8 Å². The van der Waals surface area contributed by atoms with Gasteiger partial charge in [0, 0.05) is 22.6 Å². The lowest BCUT2D eigenvalue weighted by Gasteiger charge is -2.10. The Morgan fingerprint density at radius 2 is 1.36 bits per heavy atom. The zero-order valence-electron chi connectivity index (χ0n) is 19.3. The van der Waals surface area contributed by atoms with Crippen LogP contribution < -0.4 is 9.47 Å². The Kier molecular flexibility index (Phi) is 7.82. The summed E-state index contributed by atoms with van der Waals surface area (Å²) in [5.74, 6) is 0.0405. The van der Waals surface area contributed by atoms with Crippen LogP contribution in [0.5, 0.6) is 11.5 Å². The maximum Gasteiger partial charge on any atom is 0.335 e. The maximum absolute atomic E-state index is 12.9. The van der Waals surface area contributed by atoms with E-state index < -0.39 is 11.9 Å². The normalized spacial score (nSPS) is 10.6. The van der Waals surface area contributed by atoms with Crippen molar-refractivity contribution in [2.75, 3.05) is 13.2 Å². The van der Waals surface area contributed by atoms with Gasteiger partial charge < -0.3 is 14.2 Å². The second-order valence-corrected chi connectivity index (χ2v) is 8.64. The molecule has 0 radical (unpaired) electrons. The fourth-order valence-corrected chi connectivity index (χ4v) is 4.26. The SMILES string of the molecule is C=CC(=O)OCCOc1ccc2c(ccc3cc(C(=O)Sc4ccc(OC(=O)C=C)cc4)ccc32)c1. The summed E-state index contributed by atoms with van der Waals surface area (Å²) < 4.78 is 15.6. The number of carbonyl (C=O) groups excluding carboxylic acids is 3. The minimum atomic E-state index is -0.537. The molecule has 0 aliphatic carbocycles. The molecule has 7 heteroatoms. The zero-order valence-corrected chi connectivity index (χ0v) is 20.1. The number of benzene rings is 4. The van der Waals surface area contributed by atoms with Gasteiger partial charge in [-0.15, -0.1) is 0 Å². The molecule has 0 aliphatic rings. The molecule has 0 spiro atoms. The van der Waals surface area contributed by atoms with Gasteiger partial charge in [0.1, 0.15) is 24.7 Å². The van der Waals surface area contributed by atoms with Gasteiger partial charge in [-0.1, -0.05) is 37.4 Å². The van der Waals surface area contributed by atoms with Crippen LogP contribution in [0.1, 0.15) is 10.4 Å². The highest BCUT2D eigenvalue weighted by Gasteiger charge is 2.11. The summed E-state index contributed by atoms with van der Waals surface area (Å²) in [5.41, 5.74) is 0.586. The summed E-state index contributed by atoms with van der Waals surface area (Å²) in [5, 5.41) is 3.91. The second kappa shape index (κ2) is 11.4. The first-order valence-corrected chi connectivity index (χ1v) is 11.8. The topological polar surface area (TPSA) is 78.9 Å². The van der Waals surface area contributed by atoms with Crippen LogP contribution in [0.15, 0.2) is 103 Å². The predicted molar refractivity (Wildman–Crippen MR) is 141 cm³/mol. The summed E-state index contributed by atoms with van der Waals surface area (Å²) >= 11 is 1.10. The third-order valence-electron chi connectivity index (χ3n) is 5.23. The van der Waals surface area contributed by atoms with E-state index in [2.05, 4.69) is 13.2 Å². The summed E-state index contributed by atoms with van der Waals surface area (Å²) in [6.45, 7) is 7.10. The van der Waals surface area contributed by atoms with Crippen molar-refractivity contribution in [2.24, 2.45) is 0 Å². The minimum absolute atomic E-state index is 0.0891. The maximum atomic E-state index is 12.9. The first-order valence-electron chi connectivity index (χ1n) is 11.0. The molecule has 0 N–H and O–H groups in total. The van der Waals surface area contributed by atoms with E-state index in [1.165, 1.54) is 0 Å². The first-order chi connectivity index (χ1) is 17.5. The molecule has 0 fully saturated rings. The summed E-state index contributed by atoms with van der Waals surface area (Å²) in [4.78, 5) is 36.0. The van der Waals surface area contributed by atoms with Gasteiger partial charge in [-0.2, -0.15) is 0 Å². The molecule has 0 aliphatic heterocycles. The van der Waals surface area contributed by atoms with Crippen molar-refractivity contribution in [2.45, 2.75) is 4.90 Å². The van der Waals surface area contributed by atoms with Crippen LogP contribution in [0.25, 0.3) is 21.5 Å². The van der Waals surface area contributed by atoms with Gasteiger partial charge >= 0.3 is 11.9 Å². The molecule has 4 aromatic carbocycles. The second-order valence-electron chi connectivity index (χ2n) is 7.59. The van der Waals surface area contributed by atoms with Crippen molar-refractivity contribution in [1.82, 2.24) is 0 Å². The lowest BCUT2D eigenvalue weighted by atomic mass is 10.0. The molecule has 4 rings (SSSR count). The lowest BCUT2D eigenvalue weighted by Crippen LogP contribution is -2.10. The van der Waals surface area contributed by atoms with E-state index in [4.69, 9.17) is 14.2 Å². The Morgan fingerprint density at radius 3 is 2.06 bits per heavy atom. The largest absolute Gasteiger partial charge is 0.490 e. The van der Waals surface area contributed by atoms with E-state index in [-0.39, 0.29) is 18.3 Å². The molecule has 0 amide bonds. The van der Waals surface area contributed by atoms with Gasteiger partial charge in [-0.3, -0.25) is 4.79 Å². The van der Waals surface area contributed by atoms with Crippen molar-refractivity contribution in [3.63, 3.8) is 0 Å². The molecule has 0 atom stereocenters. The molecule has 36 heavy (non-hydrogen) atoms. The molecule has 0 saturated heterocycles. The molecule has 180 valence electrons. The Bertz CT molecular complexity index is 1470. The molecule has 0 heterocycles. The van der Waals surface area contributed by atoms with Crippen molar-refractivity contribution >= 4 is 50.4 Å². The highest BCUT2D eigenvalue weighted by atomic mass is 32.2. The van der Waals surface area contributed by atoms with Crippen LogP contribution in [0, 0.1) is 0 Å². The summed E-state index contributed by atoms with van der Waals surface area (Å²) in [6, 6.07) is 22.1. The van der Waals surface area contributed by atoms with Gasteiger partial charge in [0.15, 0.2) is 0 Å².